The van der Waals surface area contributed by atoms with Crippen LogP contribution in [0.25, 0.3) is 0 Å². The summed E-state index contributed by atoms with van der Waals surface area (Å²) in [5, 5.41) is 3.15. The lowest BCUT2D eigenvalue weighted by Gasteiger charge is -2.26. The largest absolute Gasteiger partial charge is 0.385 e. The second-order valence-corrected chi connectivity index (χ2v) is 4.64. The molecule has 0 radical (unpaired) electrons. The summed E-state index contributed by atoms with van der Waals surface area (Å²) < 4.78 is 5.00. The molecule has 1 aliphatic heterocycles. The zero-order valence-electron chi connectivity index (χ0n) is 11.4. The summed E-state index contributed by atoms with van der Waals surface area (Å²) in [6, 6.07) is 0. The number of methoxy groups -OCH3 is 1. The van der Waals surface area contributed by atoms with Gasteiger partial charge >= 0.3 is 0 Å². The minimum absolute atomic E-state index is 0.268. The van der Waals surface area contributed by atoms with Crippen molar-refractivity contribution in [1.29, 1.82) is 0 Å². The van der Waals surface area contributed by atoms with Crippen molar-refractivity contribution in [1.82, 2.24) is 15.0 Å². The van der Waals surface area contributed by atoms with Crippen molar-refractivity contribution in [2.45, 2.75) is 25.7 Å². The predicted octanol–water partition coefficient (Wildman–Crippen LogP) is 0.892. The summed E-state index contributed by atoms with van der Waals surface area (Å²) >= 11 is 0. The van der Waals surface area contributed by atoms with Crippen molar-refractivity contribution in [2.24, 2.45) is 0 Å². The molecular formula is C12H22N6O. The maximum absolute atomic E-state index is 5.74. The highest BCUT2D eigenvalue weighted by Crippen LogP contribution is 2.17. The molecule has 0 spiro atoms. The molecule has 0 aliphatic carbocycles. The number of nitrogen functional groups attached to an aromatic ring is 1. The predicted molar refractivity (Wildman–Crippen MR) is 75.3 cm³/mol. The maximum Gasteiger partial charge on any atom is 0.231 e. The van der Waals surface area contributed by atoms with Crippen LogP contribution in [0.5, 0.6) is 0 Å². The smallest absolute Gasteiger partial charge is 0.231 e. The van der Waals surface area contributed by atoms with Gasteiger partial charge in [-0.15, -0.1) is 0 Å². The molecule has 2 heterocycles. The summed E-state index contributed by atoms with van der Waals surface area (Å²) in [4.78, 5) is 14.9. The van der Waals surface area contributed by atoms with E-state index in [1.165, 1.54) is 19.3 Å². The Labute approximate surface area is 113 Å². The molecule has 0 bridgehead atoms. The lowest BCUT2D eigenvalue weighted by atomic mass is 10.1. The Kier molecular flexibility index (Phi) is 5.14. The van der Waals surface area contributed by atoms with Gasteiger partial charge < -0.3 is 20.7 Å². The van der Waals surface area contributed by atoms with Crippen LogP contribution in [0.4, 0.5) is 17.8 Å². The van der Waals surface area contributed by atoms with Crippen molar-refractivity contribution in [3.05, 3.63) is 0 Å². The Hall–Kier alpha value is -1.63. The van der Waals surface area contributed by atoms with Gasteiger partial charge in [-0.05, 0) is 25.7 Å². The number of nitrogens with one attached hydrogen (secondary N) is 1. The van der Waals surface area contributed by atoms with Crippen molar-refractivity contribution in [3.63, 3.8) is 0 Å². The van der Waals surface area contributed by atoms with Gasteiger partial charge in [0.05, 0.1) is 0 Å². The maximum atomic E-state index is 5.74. The first-order valence-corrected chi connectivity index (χ1v) is 6.79. The first-order valence-electron chi connectivity index (χ1n) is 6.79. The second kappa shape index (κ2) is 7.08. The Morgan fingerprint density at radius 2 is 2.00 bits per heavy atom. The number of anilines is 3. The highest BCUT2D eigenvalue weighted by Gasteiger charge is 2.15. The van der Waals surface area contributed by atoms with Crippen molar-refractivity contribution < 1.29 is 4.74 Å². The molecule has 1 saturated heterocycles. The standard InChI is InChI=1S/C12H22N6O/c1-19-9-5-6-14-11-15-10(13)16-12(17-11)18-7-3-2-4-8-18/h2-9H2,1H3,(H3,13,14,15,16,17). The molecule has 106 valence electrons. The van der Waals surface area contributed by atoms with E-state index in [9.17, 15) is 0 Å². The molecule has 0 aromatic carbocycles. The van der Waals surface area contributed by atoms with E-state index >= 15 is 0 Å². The van der Waals surface area contributed by atoms with Gasteiger partial charge in [-0.3, -0.25) is 0 Å². The van der Waals surface area contributed by atoms with Crippen LogP contribution < -0.4 is 16.0 Å². The van der Waals surface area contributed by atoms with Crippen LogP contribution in [0, 0.1) is 0 Å². The summed E-state index contributed by atoms with van der Waals surface area (Å²) in [6.45, 7) is 3.46. The molecule has 1 aliphatic rings. The van der Waals surface area contributed by atoms with Crippen molar-refractivity contribution in [3.8, 4) is 0 Å². The van der Waals surface area contributed by atoms with Crippen LogP contribution in [-0.2, 0) is 4.74 Å². The van der Waals surface area contributed by atoms with Gasteiger partial charge in [-0.1, -0.05) is 0 Å². The third kappa shape index (κ3) is 4.20. The highest BCUT2D eigenvalue weighted by atomic mass is 16.5. The Morgan fingerprint density at radius 1 is 1.21 bits per heavy atom. The number of aromatic nitrogens is 3. The van der Waals surface area contributed by atoms with E-state index in [-0.39, 0.29) is 5.95 Å². The van der Waals surface area contributed by atoms with Gasteiger partial charge in [0.2, 0.25) is 17.8 Å². The average Bonchev–Trinajstić information content (AvgIpc) is 2.44. The van der Waals surface area contributed by atoms with E-state index in [4.69, 9.17) is 10.5 Å². The summed E-state index contributed by atoms with van der Waals surface area (Å²) in [5.41, 5.74) is 5.74. The number of nitrogens with zero attached hydrogens (tertiary/aromatic N) is 4. The average molecular weight is 266 g/mol. The minimum Gasteiger partial charge on any atom is -0.385 e. The van der Waals surface area contributed by atoms with Crippen LogP contribution in [0.3, 0.4) is 0 Å². The summed E-state index contributed by atoms with van der Waals surface area (Å²) in [6.07, 6.45) is 4.55. The molecule has 1 fully saturated rings. The number of ether oxygens (including phenoxy) is 1. The Morgan fingerprint density at radius 3 is 2.74 bits per heavy atom. The van der Waals surface area contributed by atoms with Crippen LogP contribution in [0.15, 0.2) is 0 Å². The van der Waals surface area contributed by atoms with Gasteiger partial charge in [0.15, 0.2) is 0 Å². The summed E-state index contributed by atoms with van der Waals surface area (Å²) in [5.74, 6) is 1.50. The Bertz CT molecular complexity index is 394. The van der Waals surface area contributed by atoms with E-state index in [1.807, 2.05) is 0 Å². The highest BCUT2D eigenvalue weighted by molar-refractivity contribution is 5.42. The first kappa shape index (κ1) is 13.8. The molecule has 0 amide bonds. The minimum atomic E-state index is 0.268. The van der Waals surface area contributed by atoms with Gasteiger partial charge in [-0.2, -0.15) is 15.0 Å². The molecular weight excluding hydrogens is 244 g/mol. The third-order valence-corrected chi connectivity index (χ3v) is 3.09. The molecule has 1 aromatic rings. The van der Waals surface area contributed by atoms with Crippen molar-refractivity contribution in [2.75, 3.05) is 49.3 Å². The molecule has 0 unspecified atom stereocenters. The zero-order valence-corrected chi connectivity index (χ0v) is 11.4. The molecule has 7 heteroatoms. The molecule has 0 atom stereocenters. The van der Waals surface area contributed by atoms with Crippen LogP contribution in [-0.4, -0.2) is 48.3 Å². The fourth-order valence-electron chi connectivity index (χ4n) is 2.11. The molecule has 3 N–H and O–H groups in total. The lowest BCUT2D eigenvalue weighted by molar-refractivity contribution is 0.197. The molecule has 19 heavy (non-hydrogen) atoms. The number of hydrogen-bond donors (Lipinski definition) is 2. The number of nitrogens with two attached hydrogens (primary N) is 1. The van der Waals surface area contributed by atoms with Gasteiger partial charge in [0.1, 0.15) is 0 Å². The van der Waals surface area contributed by atoms with Crippen molar-refractivity contribution >= 4 is 17.8 Å². The van der Waals surface area contributed by atoms with E-state index in [1.54, 1.807) is 7.11 Å². The normalized spacial score (nSPS) is 15.5. The van der Waals surface area contributed by atoms with E-state index in [0.29, 0.717) is 18.5 Å². The lowest BCUT2D eigenvalue weighted by Crippen LogP contribution is -2.31. The third-order valence-electron chi connectivity index (χ3n) is 3.09. The quantitative estimate of drug-likeness (QED) is 0.739. The molecule has 1 aromatic heterocycles. The summed E-state index contributed by atoms with van der Waals surface area (Å²) in [7, 11) is 1.69. The monoisotopic (exact) mass is 266 g/mol. The molecule has 2 rings (SSSR count). The van der Waals surface area contributed by atoms with E-state index in [0.717, 1.165) is 26.1 Å². The van der Waals surface area contributed by atoms with Gasteiger partial charge in [0.25, 0.3) is 0 Å². The SMILES string of the molecule is COCCCNc1nc(N)nc(N2CCCCC2)n1. The van der Waals surface area contributed by atoms with Crippen LogP contribution in [0.1, 0.15) is 25.7 Å². The van der Waals surface area contributed by atoms with E-state index < -0.39 is 0 Å². The van der Waals surface area contributed by atoms with E-state index in [2.05, 4.69) is 25.2 Å². The fraction of sp³-hybridized carbons (Fsp3) is 0.750. The Balaban J connectivity index is 1.97. The second-order valence-electron chi connectivity index (χ2n) is 4.64. The first-order chi connectivity index (χ1) is 9.29. The zero-order chi connectivity index (χ0) is 13.5. The van der Waals surface area contributed by atoms with Crippen LogP contribution in [0.2, 0.25) is 0 Å². The number of hydrogen-bond acceptors (Lipinski definition) is 7. The van der Waals surface area contributed by atoms with Gasteiger partial charge in [0, 0.05) is 33.4 Å². The fourth-order valence-corrected chi connectivity index (χ4v) is 2.11. The molecule has 0 saturated carbocycles. The topological polar surface area (TPSA) is 89.2 Å². The van der Waals surface area contributed by atoms with Crippen LogP contribution >= 0.6 is 0 Å². The number of piperidine rings is 1. The van der Waals surface area contributed by atoms with Gasteiger partial charge in [-0.25, -0.2) is 0 Å². The number of rotatable bonds is 6. The molecule has 7 nitrogen and oxygen atoms in total.